The summed E-state index contributed by atoms with van der Waals surface area (Å²) in [6.07, 6.45) is 3.61. The lowest BCUT2D eigenvalue weighted by Crippen LogP contribution is -2.43. The Kier molecular flexibility index (Phi) is 8.69. The van der Waals surface area contributed by atoms with E-state index >= 15 is 0 Å². The number of aliphatic hydroxyl groups excluding tert-OH is 1. The molecule has 1 aliphatic rings. The van der Waals surface area contributed by atoms with Crippen molar-refractivity contribution >= 4 is 0 Å². The second-order valence-corrected chi connectivity index (χ2v) is 6.56. The lowest BCUT2D eigenvalue weighted by molar-refractivity contribution is -0.0112. The molecule has 4 heteroatoms. The minimum Gasteiger partial charge on any atom is -0.389 e. The third-order valence-corrected chi connectivity index (χ3v) is 4.04. The molecule has 0 aliphatic heterocycles. The van der Waals surface area contributed by atoms with Crippen LogP contribution in [0, 0.1) is 11.8 Å². The Bertz CT molecular complexity index is 248. The molecular weight excluding hydrogens is 254 g/mol. The molecule has 0 heterocycles. The van der Waals surface area contributed by atoms with Gasteiger partial charge in [0.15, 0.2) is 0 Å². The zero-order valence-electron chi connectivity index (χ0n) is 13.6. The Morgan fingerprint density at radius 1 is 1.20 bits per heavy atom. The summed E-state index contributed by atoms with van der Waals surface area (Å²) in [6, 6.07) is 0.546. The highest BCUT2D eigenvalue weighted by Crippen LogP contribution is 2.28. The molecule has 0 radical (unpaired) electrons. The highest BCUT2D eigenvalue weighted by Gasteiger charge is 2.25. The van der Waals surface area contributed by atoms with Crippen LogP contribution in [0.15, 0.2) is 0 Å². The van der Waals surface area contributed by atoms with Crippen LogP contribution in [0.5, 0.6) is 0 Å². The molecule has 120 valence electrons. The van der Waals surface area contributed by atoms with E-state index in [2.05, 4.69) is 19.2 Å². The van der Waals surface area contributed by atoms with Crippen molar-refractivity contribution in [3.8, 4) is 0 Å². The van der Waals surface area contributed by atoms with E-state index in [1.165, 1.54) is 19.3 Å². The molecule has 20 heavy (non-hydrogen) atoms. The second-order valence-electron chi connectivity index (χ2n) is 6.56. The lowest BCUT2D eigenvalue weighted by atomic mass is 9.80. The predicted molar refractivity (Wildman–Crippen MR) is 81.9 cm³/mol. The van der Waals surface area contributed by atoms with Gasteiger partial charge in [0.2, 0.25) is 0 Å². The second kappa shape index (κ2) is 9.72. The lowest BCUT2D eigenvalue weighted by Gasteiger charge is -2.33. The molecule has 4 unspecified atom stereocenters. The van der Waals surface area contributed by atoms with Crippen LogP contribution in [0.1, 0.15) is 47.0 Å². The SMILES string of the molecule is CC1CCC(NCC(O)COCCOC(C)C)C(C)C1. The molecule has 0 spiro atoms. The van der Waals surface area contributed by atoms with Crippen molar-refractivity contribution in [1.29, 1.82) is 0 Å². The zero-order chi connectivity index (χ0) is 15.0. The van der Waals surface area contributed by atoms with E-state index in [9.17, 15) is 5.11 Å². The first-order valence-corrected chi connectivity index (χ1v) is 8.09. The maximum Gasteiger partial charge on any atom is 0.0897 e. The van der Waals surface area contributed by atoms with Crippen LogP contribution in [0.25, 0.3) is 0 Å². The number of rotatable bonds is 9. The maximum absolute atomic E-state index is 9.90. The molecule has 1 fully saturated rings. The average Bonchev–Trinajstić information content (AvgIpc) is 2.37. The van der Waals surface area contributed by atoms with E-state index in [1.807, 2.05) is 13.8 Å². The van der Waals surface area contributed by atoms with Crippen LogP contribution in [0.2, 0.25) is 0 Å². The summed E-state index contributed by atoms with van der Waals surface area (Å²) in [5, 5.41) is 13.4. The Hall–Kier alpha value is -0.160. The van der Waals surface area contributed by atoms with Crippen LogP contribution in [-0.4, -0.2) is 49.7 Å². The summed E-state index contributed by atoms with van der Waals surface area (Å²) in [4.78, 5) is 0. The van der Waals surface area contributed by atoms with Crippen molar-refractivity contribution in [3.05, 3.63) is 0 Å². The van der Waals surface area contributed by atoms with Crippen molar-refractivity contribution in [1.82, 2.24) is 5.32 Å². The number of aliphatic hydroxyl groups is 1. The summed E-state index contributed by atoms with van der Waals surface area (Å²) in [6.45, 7) is 10.8. The molecule has 1 saturated carbocycles. The normalized spacial score (nSPS) is 28.8. The molecule has 1 rings (SSSR count). The Morgan fingerprint density at radius 3 is 2.60 bits per heavy atom. The molecular formula is C16H33NO3. The number of hydrogen-bond donors (Lipinski definition) is 2. The van der Waals surface area contributed by atoms with Gasteiger partial charge in [0.05, 0.1) is 32.0 Å². The van der Waals surface area contributed by atoms with Crippen LogP contribution in [0.4, 0.5) is 0 Å². The molecule has 0 amide bonds. The predicted octanol–water partition coefficient (Wildman–Crippen LogP) is 2.20. The summed E-state index contributed by atoms with van der Waals surface area (Å²) < 4.78 is 10.8. The van der Waals surface area contributed by atoms with Gasteiger partial charge in [-0.3, -0.25) is 0 Å². The minimum atomic E-state index is -0.430. The number of hydrogen-bond acceptors (Lipinski definition) is 4. The highest BCUT2D eigenvalue weighted by molar-refractivity contribution is 4.81. The summed E-state index contributed by atoms with van der Waals surface area (Å²) >= 11 is 0. The Morgan fingerprint density at radius 2 is 1.95 bits per heavy atom. The van der Waals surface area contributed by atoms with Gasteiger partial charge in [-0.2, -0.15) is 0 Å². The van der Waals surface area contributed by atoms with Crippen LogP contribution >= 0.6 is 0 Å². The van der Waals surface area contributed by atoms with Gasteiger partial charge in [0.25, 0.3) is 0 Å². The van der Waals surface area contributed by atoms with Crippen molar-refractivity contribution in [2.45, 2.75) is 65.2 Å². The molecule has 0 saturated heterocycles. The maximum atomic E-state index is 9.90. The molecule has 0 bridgehead atoms. The van der Waals surface area contributed by atoms with Gasteiger partial charge in [-0.1, -0.05) is 13.8 Å². The van der Waals surface area contributed by atoms with Crippen molar-refractivity contribution in [2.75, 3.05) is 26.4 Å². The average molecular weight is 287 g/mol. The van der Waals surface area contributed by atoms with Gasteiger partial charge in [0, 0.05) is 12.6 Å². The third-order valence-electron chi connectivity index (χ3n) is 4.04. The van der Waals surface area contributed by atoms with Crippen LogP contribution in [0.3, 0.4) is 0 Å². The smallest absolute Gasteiger partial charge is 0.0897 e. The molecule has 0 aromatic carbocycles. The summed E-state index contributed by atoms with van der Waals surface area (Å²) in [5.74, 6) is 1.54. The Balaban J connectivity index is 2.03. The van der Waals surface area contributed by atoms with Gasteiger partial charge in [-0.25, -0.2) is 0 Å². The summed E-state index contributed by atoms with van der Waals surface area (Å²) in [7, 11) is 0. The molecule has 0 aromatic heterocycles. The quantitative estimate of drug-likeness (QED) is 0.638. The standard InChI is InChI=1S/C16H33NO3/c1-12(2)20-8-7-19-11-15(18)10-17-16-6-5-13(3)9-14(16)4/h12-18H,5-11H2,1-4H3. The fourth-order valence-corrected chi connectivity index (χ4v) is 2.88. The van der Waals surface area contributed by atoms with Crippen LogP contribution in [-0.2, 0) is 9.47 Å². The fourth-order valence-electron chi connectivity index (χ4n) is 2.88. The molecule has 1 aliphatic carbocycles. The third kappa shape index (κ3) is 7.58. The van der Waals surface area contributed by atoms with E-state index < -0.39 is 6.10 Å². The van der Waals surface area contributed by atoms with E-state index in [0.717, 1.165) is 5.92 Å². The van der Waals surface area contributed by atoms with Crippen LogP contribution < -0.4 is 5.32 Å². The molecule has 2 N–H and O–H groups in total. The van der Waals surface area contributed by atoms with Crippen molar-refractivity contribution < 1.29 is 14.6 Å². The fraction of sp³-hybridized carbons (Fsp3) is 1.00. The van der Waals surface area contributed by atoms with Gasteiger partial charge < -0.3 is 19.9 Å². The van der Waals surface area contributed by atoms with E-state index in [-0.39, 0.29) is 6.10 Å². The number of ether oxygens (including phenoxy) is 2. The minimum absolute atomic E-state index is 0.236. The van der Waals surface area contributed by atoms with Crippen molar-refractivity contribution in [2.24, 2.45) is 11.8 Å². The van der Waals surface area contributed by atoms with E-state index in [1.54, 1.807) is 0 Å². The largest absolute Gasteiger partial charge is 0.389 e. The molecule has 4 nitrogen and oxygen atoms in total. The van der Waals surface area contributed by atoms with Gasteiger partial charge in [0.1, 0.15) is 0 Å². The first-order chi connectivity index (χ1) is 9.49. The first-order valence-electron chi connectivity index (χ1n) is 8.09. The topological polar surface area (TPSA) is 50.7 Å². The number of nitrogens with one attached hydrogen (secondary N) is 1. The summed E-state index contributed by atoms with van der Waals surface area (Å²) in [5.41, 5.74) is 0. The molecule has 4 atom stereocenters. The van der Waals surface area contributed by atoms with Crippen molar-refractivity contribution in [3.63, 3.8) is 0 Å². The van der Waals surface area contributed by atoms with E-state index in [4.69, 9.17) is 9.47 Å². The van der Waals surface area contributed by atoms with Gasteiger partial charge in [-0.05, 0) is 44.9 Å². The zero-order valence-corrected chi connectivity index (χ0v) is 13.6. The monoisotopic (exact) mass is 287 g/mol. The molecule has 0 aromatic rings. The first kappa shape index (κ1) is 17.9. The van der Waals surface area contributed by atoms with Gasteiger partial charge >= 0.3 is 0 Å². The Labute approximate surface area is 124 Å². The van der Waals surface area contributed by atoms with E-state index in [0.29, 0.717) is 38.3 Å². The highest BCUT2D eigenvalue weighted by atomic mass is 16.5. The van der Waals surface area contributed by atoms with Gasteiger partial charge in [-0.15, -0.1) is 0 Å².